The Morgan fingerprint density at radius 3 is 2.56 bits per heavy atom. The lowest BCUT2D eigenvalue weighted by molar-refractivity contribution is -0.120. The molecule has 2 aromatic rings. The van der Waals surface area contributed by atoms with Crippen molar-refractivity contribution in [2.24, 2.45) is 5.92 Å². The van der Waals surface area contributed by atoms with Gasteiger partial charge in [0, 0.05) is 57.0 Å². The Labute approximate surface area is 197 Å². The van der Waals surface area contributed by atoms with E-state index in [1.54, 1.807) is 12.3 Å². The smallest absolute Gasteiger partial charge is 0.253 e. The quantitative estimate of drug-likeness (QED) is 0.692. The number of rotatable bonds is 6. The number of piperazine rings is 1. The molecule has 1 N–H and O–H groups in total. The van der Waals surface area contributed by atoms with Crippen LogP contribution >= 0.6 is 23.2 Å². The molecule has 3 heterocycles. The van der Waals surface area contributed by atoms with Crippen molar-refractivity contribution in [3.05, 3.63) is 57.7 Å². The monoisotopic (exact) mass is 476 g/mol. The van der Waals surface area contributed by atoms with Crippen molar-refractivity contribution >= 4 is 40.8 Å². The number of carbonyl (C=O) groups is 2. The molecule has 32 heavy (non-hydrogen) atoms. The lowest BCUT2D eigenvalue weighted by Gasteiger charge is -2.35. The van der Waals surface area contributed by atoms with E-state index < -0.39 is 0 Å². The van der Waals surface area contributed by atoms with Crippen LogP contribution in [0.2, 0.25) is 10.0 Å². The summed E-state index contributed by atoms with van der Waals surface area (Å²) in [5.74, 6) is 0.535. The van der Waals surface area contributed by atoms with Crippen LogP contribution in [0.4, 0.5) is 5.82 Å². The molecular formula is C23H26Cl2N4O3. The van der Waals surface area contributed by atoms with E-state index >= 15 is 0 Å². The lowest BCUT2D eigenvalue weighted by Crippen LogP contribution is -2.49. The minimum atomic E-state index is -0.245. The number of benzene rings is 1. The maximum absolute atomic E-state index is 13.0. The second-order valence-electron chi connectivity index (χ2n) is 8.00. The number of carbonyl (C=O) groups excluding carboxylic acids is 2. The minimum absolute atomic E-state index is 0.0133. The van der Waals surface area contributed by atoms with Gasteiger partial charge in [0.05, 0.1) is 22.6 Å². The molecule has 0 bridgehead atoms. The van der Waals surface area contributed by atoms with Gasteiger partial charge in [-0.2, -0.15) is 0 Å². The van der Waals surface area contributed by atoms with Crippen molar-refractivity contribution in [2.45, 2.75) is 12.8 Å². The predicted molar refractivity (Wildman–Crippen MR) is 125 cm³/mol. The van der Waals surface area contributed by atoms with Gasteiger partial charge in [-0.1, -0.05) is 35.3 Å². The third-order valence-corrected chi connectivity index (χ3v) is 6.48. The molecule has 0 saturated carbocycles. The number of hydrogen-bond acceptors (Lipinski definition) is 5. The molecule has 7 nitrogen and oxygen atoms in total. The average Bonchev–Trinajstić information content (AvgIpc) is 3.17. The topological polar surface area (TPSA) is 74.8 Å². The van der Waals surface area contributed by atoms with Gasteiger partial charge in [0.2, 0.25) is 5.91 Å². The van der Waals surface area contributed by atoms with Crippen LogP contribution in [-0.2, 0) is 9.53 Å². The SMILES string of the molecule is CCOCC1CNC(=O)[C@H]1c1ccc(C(=O)N2CCN(c3ncc(Cl)cc3Cl)CC2)cc1. The van der Waals surface area contributed by atoms with Gasteiger partial charge in [-0.25, -0.2) is 4.98 Å². The molecule has 170 valence electrons. The summed E-state index contributed by atoms with van der Waals surface area (Å²) in [6.45, 7) is 6.14. The van der Waals surface area contributed by atoms with Gasteiger partial charge in [0.25, 0.3) is 5.91 Å². The van der Waals surface area contributed by atoms with E-state index in [0.717, 1.165) is 5.56 Å². The van der Waals surface area contributed by atoms with E-state index in [1.165, 1.54) is 0 Å². The van der Waals surface area contributed by atoms with Gasteiger partial charge in [0.15, 0.2) is 0 Å². The van der Waals surface area contributed by atoms with Crippen LogP contribution in [-0.4, -0.2) is 67.6 Å². The van der Waals surface area contributed by atoms with Crippen LogP contribution in [0.5, 0.6) is 0 Å². The molecular weight excluding hydrogens is 451 g/mol. The average molecular weight is 477 g/mol. The third kappa shape index (κ3) is 4.85. The summed E-state index contributed by atoms with van der Waals surface area (Å²) in [5.41, 5.74) is 1.53. The zero-order valence-electron chi connectivity index (χ0n) is 17.9. The summed E-state index contributed by atoms with van der Waals surface area (Å²) >= 11 is 12.2. The molecule has 2 amide bonds. The highest BCUT2D eigenvalue weighted by Crippen LogP contribution is 2.30. The van der Waals surface area contributed by atoms with Crippen LogP contribution in [0, 0.1) is 5.92 Å². The number of anilines is 1. The highest BCUT2D eigenvalue weighted by Gasteiger charge is 2.36. The lowest BCUT2D eigenvalue weighted by atomic mass is 9.88. The molecule has 9 heteroatoms. The first-order chi connectivity index (χ1) is 15.5. The van der Waals surface area contributed by atoms with Crippen LogP contribution < -0.4 is 10.2 Å². The van der Waals surface area contributed by atoms with Crippen molar-refractivity contribution in [2.75, 3.05) is 50.8 Å². The summed E-state index contributed by atoms with van der Waals surface area (Å²) in [6, 6.07) is 9.06. The Morgan fingerprint density at radius 2 is 1.91 bits per heavy atom. The Balaban J connectivity index is 1.38. The zero-order valence-corrected chi connectivity index (χ0v) is 19.4. The second kappa shape index (κ2) is 10.1. The van der Waals surface area contributed by atoms with Crippen LogP contribution in [0.1, 0.15) is 28.8 Å². The minimum Gasteiger partial charge on any atom is -0.381 e. The van der Waals surface area contributed by atoms with Gasteiger partial charge in [-0.15, -0.1) is 0 Å². The molecule has 1 aromatic heterocycles. The first-order valence-electron chi connectivity index (χ1n) is 10.8. The number of pyridine rings is 1. The van der Waals surface area contributed by atoms with Gasteiger partial charge in [-0.3, -0.25) is 9.59 Å². The van der Waals surface area contributed by atoms with E-state index in [-0.39, 0.29) is 23.7 Å². The van der Waals surface area contributed by atoms with Crippen LogP contribution in [0.25, 0.3) is 0 Å². The van der Waals surface area contributed by atoms with E-state index in [4.69, 9.17) is 27.9 Å². The van der Waals surface area contributed by atoms with Crippen molar-refractivity contribution in [3.63, 3.8) is 0 Å². The molecule has 1 aromatic carbocycles. The molecule has 2 atom stereocenters. The molecule has 0 spiro atoms. The summed E-state index contributed by atoms with van der Waals surface area (Å²) in [6.07, 6.45) is 1.57. The molecule has 0 radical (unpaired) electrons. The fourth-order valence-corrected chi connectivity index (χ4v) is 4.80. The highest BCUT2D eigenvalue weighted by molar-refractivity contribution is 6.36. The number of halogens is 2. The van der Waals surface area contributed by atoms with Crippen LogP contribution in [0.15, 0.2) is 36.5 Å². The number of aromatic nitrogens is 1. The summed E-state index contributed by atoms with van der Waals surface area (Å²) < 4.78 is 5.54. The van der Waals surface area contributed by atoms with E-state index in [1.807, 2.05) is 36.1 Å². The number of nitrogens with one attached hydrogen (secondary N) is 1. The first kappa shape index (κ1) is 22.8. The molecule has 4 rings (SSSR count). The molecule has 2 saturated heterocycles. The summed E-state index contributed by atoms with van der Waals surface area (Å²) in [4.78, 5) is 33.6. The van der Waals surface area contributed by atoms with Crippen molar-refractivity contribution in [3.8, 4) is 0 Å². The largest absolute Gasteiger partial charge is 0.381 e. The van der Waals surface area contributed by atoms with Gasteiger partial charge in [0.1, 0.15) is 5.82 Å². The maximum atomic E-state index is 13.0. The van der Waals surface area contributed by atoms with E-state index in [9.17, 15) is 9.59 Å². The van der Waals surface area contributed by atoms with E-state index in [2.05, 4.69) is 15.2 Å². The Hall–Kier alpha value is -2.35. The maximum Gasteiger partial charge on any atom is 0.253 e. The summed E-state index contributed by atoms with van der Waals surface area (Å²) in [5, 5.41) is 3.92. The molecule has 1 unspecified atom stereocenters. The Morgan fingerprint density at radius 1 is 1.19 bits per heavy atom. The van der Waals surface area contributed by atoms with Crippen LogP contribution in [0.3, 0.4) is 0 Å². The number of ether oxygens (including phenoxy) is 1. The predicted octanol–water partition coefficient (Wildman–Crippen LogP) is 3.22. The molecule has 2 fully saturated rings. The van der Waals surface area contributed by atoms with Gasteiger partial charge >= 0.3 is 0 Å². The summed E-state index contributed by atoms with van der Waals surface area (Å²) in [7, 11) is 0. The fraction of sp³-hybridized carbons (Fsp3) is 0.435. The molecule has 2 aliphatic heterocycles. The third-order valence-electron chi connectivity index (χ3n) is 6.00. The highest BCUT2D eigenvalue weighted by atomic mass is 35.5. The van der Waals surface area contributed by atoms with E-state index in [0.29, 0.717) is 67.4 Å². The number of amides is 2. The van der Waals surface area contributed by atoms with Gasteiger partial charge < -0.3 is 19.9 Å². The van der Waals surface area contributed by atoms with Crippen molar-refractivity contribution in [1.29, 1.82) is 0 Å². The number of nitrogens with zero attached hydrogens (tertiary/aromatic N) is 3. The molecule has 2 aliphatic rings. The molecule has 0 aliphatic carbocycles. The van der Waals surface area contributed by atoms with Crippen molar-refractivity contribution in [1.82, 2.24) is 15.2 Å². The Kier molecular flexibility index (Phi) is 7.18. The standard InChI is InChI=1S/C23H26Cl2N4O3/c1-2-32-14-17-12-27-22(30)20(17)15-3-5-16(6-4-15)23(31)29-9-7-28(8-10-29)21-19(25)11-18(24)13-26-21/h3-6,11,13,17,20H,2,7-10,12,14H2,1H3,(H,27,30)/t17?,20-/m0/s1. The number of hydrogen-bond donors (Lipinski definition) is 1. The fourth-order valence-electron chi connectivity index (χ4n) is 4.30. The van der Waals surface area contributed by atoms with Crippen molar-refractivity contribution < 1.29 is 14.3 Å². The normalized spacial score (nSPS) is 21.0. The second-order valence-corrected chi connectivity index (χ2v) is 8.85. The zero-order chi connectivity index (χ0) is 22.7. The van der Waals surface area contributed by atoms with Gasteiger partial charge in [-0.05, 0) is 30.7 Å². The Bertz CT molecular complexity index is 978. The first-order valence-corrected chi connectivity index (χ1v) is 11.5.